The summed E-state index contributed by atoms with van der Waals surface area (Å²) in [6.07, 6.45) is 0.0344. The highest BCUT2D eigenvalue weighted by Crippen LogP contribution is 2.42. The van der Waals surface area contributed by atoms with Crippen molar-refractivity contribution in [3.63, 3.8) is 0 Å². The van der Waals surface area contributed by atoms with Crippen LogP contribution in [-0.2, 0) is 0 Å². The van der Waals surface area contributed by atoms with Gasteiger partial charge in [-0.05, 0) is 31.3 Å². The summed E-state index contributed by atoms with van der Waals surface area (Å²) in [7, 11) is 1.85. The maximum atomic E-state index is 14.0. The van der Waals surface area contributed by atoms with Gasteiger partial charge in [-0.2, -0.15) is 0 Å². The van der Waals surface area contributed by atoms with Crippen molar-refractivity contribution in [1.29, 1.82) is 0 Å². The SMILES string of the molecule is CNC1CC(c2cccc(F)c2F)Oc2ccc(Br)cc21. The van der Waals surface area contributed by atoms with Crippen LogP contribution in [0.2, 0.25) is 0 Å². The zero-order valence-corrected chi connectivity index (χ0v) is 13.0. The van der Waals surface area contributed by atoms with Crippen LogP contribution in [0.4, 0.5) is 8.78 Å². The van der Waals surface area contributed by atoms with E-state index in [1.807, 2.05) is 25.2 Å². The highest BCUT2D eigenvalue weighted by molar-refractivity contribution is 9.10. The first-order valence-corrected chi connectivity index (χ1v) is 7.46. The molecule has 2 atom stereocenters. The standard InChI is InChI=1S/C16H14BrF2NO/c1-20-13-8-15(10-3-2-4-12(18)16(10)19)21-14-6-5-9(17)7-11(13)14/h2-7,13,15,20H,8H2,1H3. The molecular weight excluding hydrogens is 340 g/mol. The van der Waals surface area contributed by atoms with E-state index in [2.05, 4.69) is 21.2 Å². The van der Waals surface area contributed by atoms with Crippen molar-refractivity contribution >= 4 is 15.9 Å². The van der Waals surface area contributed by atoms with Crippen LogP contribution >= 0.6 is 15.9 Å². The Hall–Kier alpha value is -1.46. The zero-order chi connectivity index (χ0) is 15.0. The number of ether oxygens (including phenoxy) is 1. The predicted octanol–water partition coefficient (Wildman–Crippen LogP) is 4.51. The van der Waals surface area contributed by atoms with Crippen molar-refractivity contribution in [2.45, 2.75) is 18.6 Å². The molecule has 0 fully saturated rings. The van der Waals surface area contributed by atoms with E-state index >= 15 is 0 Å². The fraction of sp³-hybridized carbons (Fsp3) is 0.250. The molecule has 2 aromatic carbocycles. The minimum Gasteiger partial charge on any atom is -0.485 e. The van der Waals surface area contributed by atoms with Gasteiger partial charge in [0.15, 0.2) is 11.6 Å². The van der Waals surface area contributed by atoms with Crippen molar-refractivity contribution in [3.05, 3.63) is 63.6 Å². The lowest BCUT2D eigenvalue weighted by Gasteiger charge is -2.32. The van der Waals surface area contributed by atoms with Crippen LogP contribution in [-0.4, -0.2) is 7.05 Å². The minimum atomic E-state index is -0.848. The number of nitrogens with one attached hydrogen (secondary N) is 1. The second-order valence-electron chi connectivity index (χ2n) is 5.01. The number of hydrogen-bond acceptors (Lipinski definition) is 2. The highest BCUT2D eigenvalue weighted by atomic mass is 79.9. The average Bonchev–Trinajstić information content (AvgIpc) is 2.49. The minimum absolute atomic E-state index is 0.0268. The Morgan fingerprint density at radius 3 is 2.76 bits per heavy atom. The van der Waals surface area contributed by atoms with E-state index in [1.165, 1.54) is 6.07 Å². The molecule has 2 nitrogen and oxygen atoms in total. The Balaban J connectivity index is 2.01. The van der Waals surface area contributed by atoms with Gasteiger partial charge in [-0.3, -0.25) is 0 Å². The van der Waals surface area contributed by atoms with Gasteiger partial charge < -0.3 is 10.1 Å². The van der Waals surface area contributed by atoms with E-state index in [4.69, 9.17) is 4.74 Å². The summed E-state index contributed by atoms with van der Waals surface area (Å²) in [5.41, 5.74) is 1.27. The van der Waals surface area contributed by atoms with Crippen molar-refractivity contribution in [3.8, 4) is 5.75 Å². The van der Waals surface area contributed by atoms with E-state index in [0.717, 1.165) is 16.1 Å². The molecule has 0 spiro atoms. The molecule has 1 aliphatic heterocycles. The third-order valence-electron chi connectivity index (χ3n) is 3.74. The fourth-order valence-corrected chi connectivity index (χ4v) is 3.05. The molecule has 21 heavy (non-hydrogen) atoms. The lowest BCUT2D eigenvalue weighted by Crippen LogP contribution is -2.27. The number of benzene rings is 2. The monoisotopic (exact) mass is 353 g/mol. The number of fused-ring (bicyclic) bond motifs is 1. The molecule has 3 rings (SSSR count). The summed E-state index contributed by atoms with van der Waals surface area (Å²) in [5, 5.41) is 3.20. The molecule has 2 aromatic rings. The van der Waals surface area contributed by atoms with Crippen molar-refractivity contribution in [2.24, 2.45) is 0 Å². The molecule has 0 saturated carbocycles. The molecule has 1 heterocycles. The normalized spacial score (nSPS) is 20.8. The smallest absolute Gasteiger partial charge is 0.165 e. The summed E-state index contributed by atoms with van der Waals surface area (Å²) in [4.78, 5) is 0. The Bertz CT molecular complexity index is 677. The molecular formula is C16H14BrF2NO. The number of hydrogen-bond donors (Lipinski definition) is 1. The first-order valence-electron chi connectivity index (χ1n) is 6.67. The van der Waals surface area contributed by atoms with E-state index in [-0.39, 0.29) is 11.6 Å². The molecule has 0 saturated heterocycles. The predicted molar refractivity (Wildman–Crippen MR) is 80.3 cm³/mol. The lowest BCUT2D eigenvalue weighted by atomic mass is 9.93. The Morgan fingerprint density at radius 1 is 1.19 bits per heavy atom. The van der Waals surface area contributed by atoms with Crippen LogP contribution in [0, 0.1) is 11.6 Å². The second-order valence-corrected chi connectivity index (χ2v) is 5.92. The lowest BCUT2D eigenvalue weighted by molar-refractivity contribution is 0.149. The van der Waals surface area contributed by atoms with Crippen LogP contribution in [0.25, 0.3) is 0 Å². The summed E-state index contributed by atoms with van der Waals surface area (Å²) in [6.45, 7) is 0. The van der Waals surface area contributed by atoms with Gasteiger partial charge in [-0.15, -0.1) is 0 Å². The van der Waals surface area contributed by atoms with Crippen LogP contribution in [0.5, 0.6) is 5.75 Å². The molecule has 0 amide bonds. The first-order chi connectivity index (χ1) is 10.1. The van der Waals surface area contributed by atoms with E-state index in [1.54, 1.807) is 6.07 Å². The third kappa shape index (κ3) is 2.68. The molecule has 2 unspecified atom stereocenters. The van der Waals surface area contributed by atoms with Gasteiger partial charge in [-0.25, -0.2) is 8.78 Å². The Labute approximate surface area is 130 Å². The average molecular weight is 354 g/mol. The van der Waals surface area contributed by atoms with Gasteiger partial charge in [0.2, 0.25) is 0 Å². The maximum absolute atomic E-state index is 14.0. The third-order valence-corrected chi connectivity index (χ3v) is 4.24. The highest BCUT2D eigenvalue weighted by Gasteiger charge is 2.30. The molecule has 1 aliphatic rings. The zero-order valence-electron chi connectivity index (χ0n) is 11.4. The molecule has 1 N–H and O–H groups in total. The quantitative estimate of drug-likeness (QED) is 0.857. The van der Waals surface area contributed by atoms with Crippen LogP contribution in [0.15, 0.2) is 40.9 Å². The molecule has 0 aliphatic carbocycles. The summed E-state index contributed by atoms with van der Waals surface area (Å²) >= 11 is 3.44. The van der Waals surface area contributed by atoms with Crippen LogP contribution < -0.4 is 10.1 Å². The summed E-state index contributed by atoms with van der Waals surface area (Å²) in [6, 6.07) is 9.90. The maximum Gasteiger partial charge on any atom is 0.165 e. The van der Waals surface area contributed by atoms with E-state index in [9.17, 15) is 8.78 Å². The Kier molecular flexibility index (Phi) is 3.95. The molecule has 0 aromatic heterocycles. The second kappa shape index (κ2) is 5.73. The van der Waals surface area contributed by atoms with Crippen LogP contribution in [0.1, 0.15) is 29.7 Å². The van der Waals surface area contributed by atoms with Crippen molar-refractivity contribution < 1.29 is 13.5 Å². The van der Waals surface area contributed by atoms with E-state index in [0.29, 0.717) is 12.2 Å². The Morgan fingerprint density at radius 2 is 2.00 bits per heavy atom. The first kappa shape index (κ1) is 14.5. The molecule has 0 bridgehead atoms. The molecule has 0 radical (unpaired) electrons. The van der Waals surface area contributed by atoms with Gasteiger partial charge in [-0.1, -0.05) is 28.1 Å². The van der Waals surface area contributed by atoms with Crippen LogP contribution in [0.3, 0.4) is 0 Å². The molecule has 5 heteroatoms. The summed E-state index contributed by atoms with van der Waals surface area (Å²) in [5.74, 6) is -0.992. The van der Waals surface area contributed by atoms with Gasteiger partial charge >= 0.3 is 0 Å². The van der Waals surface area contributed by atoms with Gasteiger partial charge in [0.25, 0.3) is 0 Å². The van der Waals surface area contributed by atoms with Crippen molar-refractivity contribution in [2.75, 3.05) is 7.05 Å². The summed E-state index contributed by atoms with van der Waals surface area (Å²) < 4.78 is 34.2. The van der Waals surface area contributed by atoms with Gasteiger partial charge in [0.1, 0.15) is 11.9 Å². The largest absolute Gasteiger partial charge is 0.485 e. The van der Waals surface area contributed by atoms with Gasteiger partial charge in [0.05, 0.1) is 0 Å². The number of halogens is 3. The fourth-order valence-electron chi connectivity index (χ4n) is 2.67. The topological polar surface area (TPSA) is 21.3 Å². The molecule has 110 valence electrons. The van der Waals surface area contributed by atoms with Gasteiger partial charge in [0, 0.05) is 28.1 Å². The number of rotatable bonds is 2. The van der Waals surface area contributed by atoms with E-state index < -0.39 is 17.7 Å². The van der Waals surface area contributed by atoms with Crippen molar-refractivity contribution in [1.82, 2.24) is 5.32 Å².